The van der Waals surface area contributed by atoms with Crippen molar-refractivity contribution < 1.29 is 18.3 Å². The van der Waals surface area contributed by atoms with E-state index in [0.717, 1.165) is 5.56 Å². The lowest BCUT2D eigenvalue weighted by molar-refractivity contribution is -0.139. The van der Waals surface area contributed by atoms with Crippen LogP contribution in [0, 0.1) is 6.92 Å². The third-order valence-corrected chi connectivity index (χ3v) is 5.83. The molecule has 1 atom stereocenters. The molecule has 1 unspecified atom stereocenters. The topological polar surface area (TPSA) is 74.7 Å². The molecule has 0 aromatic heterocycles. The maximum Gasteiger partial charge on any atom is 0.243 e. The van der Waals surface area contributed by atoms with E-state index in [-0.39, 0.29) is 17.9 Å². The van der Waals surface area contributed by atoms with E-state index in [2.05, 4.69) is 0 Å². The summed E-state index contributed by atoms with van der Waals surface area (Å²) in [4.78, 5) is 12.2. The zero-order valence-corrected chi connectivity index (χ0v) is 12.6. The summed E-state index contributed by atoms with van der Waals surface area (Å²) in [7, 11) is -3.74. The lowest BCUT2D eigenvalue weighted by atomic mass is 9.89. The van der Waals surface area contributed by atoms with Gasteiger partial charge in [0.15, 0.2) is 5.78 Å². The van der Waals surface area contributed by atoms with Gasteiger partial charge in [-0.25, -0.2) is 8.42 Å². The standard InChI is InChI=1S/C14H19NO4S/c1-10-4-6-11(7-5-10)20(18,19)15-9-8-12(16)13(17)14(15,2)3/h4-7,12,16H,8-9H2,1-3H3. The number of hydrogen-bond donors (Lipinski definition) is 1. The minimum atomic E-state index is -3.74. The SMILES string of the molecule is Cc1ccc(S(=O)(=O)N2CCC(O)C(=O)C2(C)C)cc1. The maximum absolute atomic E-state index is 12.7. The van der Waals surface area contributed by atoms with Crippen molar-refractivity contribution in [1.82, 2.24) is 4.31 Å². The predicted molar refractivity (Wildman–Crippen MR) is 74.8 cm³/mol. The Bertz CT molecular complexity index is 619. The molecule has 1 aliphatic rings. The van der Waals surface area contributed by atoms with Crippen molar-refractivity contribution in [3.05, 3.63) is 29.8 Å². The Morgan fingerprint density at radius 1 is 1.25 bits per heavy atom. The number of ketones is 1. The number of rotatable bonds is 2. The molecule has 1 aromatic carbocycles. The highest BCUT2D eigenvalue weighted by Gasteiger charge is 2.48. The molecule has 1 aromatic rings. The van der Waals surface area contributed by atoms with Crippen LogP contribution in [-0.2, 0) is 14.8 Å². The van der Waals surface area contributed by atoms with Gasteiger partial charge >= 0.3 is 0 Å². The van der Waals surface area contributed by atoms with Gasteiger partial charge in [0.25, 0.3) is 0 Å². The van der Waals surface area contributed by atoms with Crippen LogP contribution in [0.2, 0.25) is 0 Å². The number of nitrogens with zero attached hydrogens (tertiary/aromatic N) is 1. The molecule has 2 rings (SSSR count). The third kappa shape index (κ3) is 2.39. The van der Waals surface area contributed by atoms with Gasteiger partial charge in [-0.15, -0.1) is 0 Å². The minimum absolute atomic E-state index is 0.132. The van der Waals surface area contributed by atoms with Crippen molar-refractivity contribution in [3.8, 4) is 0 Å². The maximum atomic E-state index is 12.7. The fraction of sp³-hybridized carbons (Fsp3) is 0.500. The van der Waals surface area contributed by atoms with Gasteiger partial charge in [0.05, 0.1) is 10.4 Å². The van der Waals surface area contributed by atoms with Crippen molar-refractivity contribution in [2.24, 2.45) is 0 Å². The van der Waals surface area contributed by atoms with Gasteiger partial charge in [0.2, 0.25) is 10.0 Å². The fourth-order valence-electron chi connectivity index (χ4n) is 2.44. The van der Waals surface area contributed by atoms with Crippen LogP contribution in [0.25, 0.3) is 0 Å². The zero-order chi connectivity index (χ0) is 15.1. The van der Waals surface area contributed by atoms with Crippen LogP contribution in [0.5, 0.6) is 0 Å². The number of sulfonamides is 1. The van der Waals surface area contributed by atoms with Gasteiger partial charge in [-0.1, -0.05) is 17.7 Å². The number of carbonyl (C=O) groups excluding carboxylic acids is 1. The molecule has 1 N–H and O–H groups in total. The van der Waals surface area contributed by atoms with Crippen LogP contribution >= 0.6 is 0 Å². The van der Waals surface area contributed by atoms with E-state index in [1.807, 2.05) is 6.92 Å². The van der Waals surface area contributed by atoms with E-state index < -0.39 is 27.4 Å². The summed E-state index contributed by atoms with van der Waals surface area (Å²) >= 11 is 0. The van der Waals surface area contributed by atoms with Gasteiger partial charge in [-0.3, -0.25) is 4.79 Å². The Kier molecular flexibility index (Phi) is 3.75. The normalized spacial score (nSPS) is 23.8. The predicted octanol–water partition coefficient (Wildman–Crippen LogP) is 1.10. The molecular formula is C14H19NO4S. The summed E-state index contributed by atoms with van der Waals surface area (Å²) in [5.74, 6) is -0.459. The molecule has 6 heteroatoms. The zero-order valence-electron chi connectivity index (χ0n) is 11.8. The quantitative estimate of drug-likeness (QED) is 0.887. The van der Waals surface area contributed by atoms with Crippen molar-refractivity contribution in [3.63, 3.8) is 0 Å². The number of piperidine rings is 1. The summed E-state index contributed by atoms with van der Waals surface area (Å²) in [6, 6.07) is 6.52. The molecule has 1 fully saturated rings. The summed E-state index contributed by atoms with van der Waals surface area (Å²) in [6.07, 6.45) is -0.956. The Hall–Kier alpha value is -1.24. The number of aryl methyl sites for hydroxylation is 1. The van der Waals surface area contributed by atoms with Crippen LogP contribution in [0.3, 0.4) is 0 Å². The van der Waals surface area contributed by atoms with Crippen LogP contribution in [0.4, 0.5) is 0 Å². The van der Waals surface area contributed by atoms with E-state index in [1.165, 1.54) is 30.3 Å². The van der Waals surface area contributed by atoms with Gasteiger partial charge in [0, 0.05) is 6.54 Å². The number of benzene rings is 1. The highest BCUT2D eigenvalue weighted by molar-refractivity contribution is 7.89. The van der Waals surface area contributed by atoms with Crippen LogP contribution < -0.4 is 0 Å². The Morgan fingerprint density at radius 2 is 1.80 bits per heavy atom. The van der Waals surface area contributed by atoms with Crippen LogP contribution in [0.1, 0.15) is 25.8 Å². The first-order chi connectivity index (χ1) is 9.17. The molecule has 1 aliphatic heterocycles. The van der Waals surface area contributed by atoms with Gasteiger partial charge in [-0.2, -0.15) is 4.31 Å². The number of aliphatic hydroxyl groups excluding tert-OH is 1. The third-order valence-electron chi connectivity index (χ3n) is 3.74. The van der Waals surface area contributed by atoms with Crippen molar-refractivity contribution in [2.75, 3.05) is 6.54 Å². The average molecular weight is 297 g/mol. The molecule has 110 valence electrons. The number of aliphatic hydroxyl groups is 1. The monoisotopic (exact) mass is 297 g/mol. The highest BCUT2D eigenvalue weighted by atomic mass is 32.2. The molecule has 1 heterocycles. The molecule has 1 saturated heterocycles. The molecule has 0 saturated carbocycles. The first kappa shape index (κ1) is 15.2. The lowest BCUT2D eigenvalue weighted by Crippen LogP contribution is -2.60. The Morgan fingerprint density at radius 3 is 2.35 bits per heavy atom. The lowest BCUT2D eigenvalue weighted by Gasteiger charge is -2.41. The number of hydrogen-bond acceptors (Lipinski definition) is 4. The molecule has 0 aliphatic carbocycles. The second-order valence-electron chi connectivity index (χ2n) is 5.62. The second-order valence-corrected chi connectivity index (χ2v) is 7.48. The molecule has 0 radical (unpaired) electrons. The highest BCUT2D eigenvalue weighted by Crippen LogP contribution is 2.30. The molecule has 0 amide bonds. The first-order valence-electron chi connectivity index (χ1n) is 6.49. The smallest absolute Gasteiger partial charge is 0.243 e. The Labute approximate surface area is 119 Å². The van der Waals surface area contributed by atoms with Crippen molar-refractivity contribution >= 4 is 15.8 Å². The van der Waals surface area contributed by atoms with Crippen molar-refractivity contribution in [1.29, 1.82) is 0 Å². The van der Waals surface area contributed by atoms with E-state index in [0.29, 0.717) is 0 Å². The summed E-state index contributed by atoms with van der Waals surface area (Å²) < 4.78 is 26.5. The van der Waals surface area contributed by atoms with Gasteiger partial charge < -0.3 is 5.11 Å². The van der Waals surface area contributed by atoms with Crippen LogP contribution in [-0.4, -0.2) is 41.8 Å². The van der Waals surface area contributed by atoms with Gasteiger partial charge in [-0.05, 0) is 39.3 Å². The first-order valence-corrected chi connectivity index (χ1v) is 7.93. The average Bonchev–Trinajstić information content (AvgIpc) is 2.36. The number of carbonyl (C=O) groups is 1. The molecule has 20 heavy (non-hydrogen) atoms. The summed E-state index contributed by atoms with van der Waals surface area (Å²) in [5.41, 5.74) is -0.269. The summed E-state index contributed by atoms with van der Waals surface area (Å²) in [6.45, 7) is 5.07. The summed E-state index contributed by atoms with van der Waals surface area (Å²) in [5, 5.41) is 9.63. The molecule has 0 bridgehead atoms. The minimum Gasteiger partial charge on any atom is -0.385 e. The Balaban J connectivity index is 2.44. The van der Waals surface area contributed by atoms with Crippen LogP contribution in [0.15, 0.2) is 29.2 Å². The molecule has 5 nitrogen and oxygen atoms in total. The fourth-order valence-corrected chi connectivity index (χ4v) is 4.21. The van der Waals surface area contributed by atoms with Crippen molar-refractivity contribution in [2.45, 2.75) is 43.7 Å². The van der Waals surface area contributed by atoms with E-state index in [4.69, 9.17) is 0 Å². The van der Waals surface area contributed by atoms with E-state index in [9.17, 15) is 18.3 Å². The number of Topliss-reactive ketones (excluding diaryl/α,β-unsaturated/α-hetero) is 1. The molecular weight excluding hydrogens is 278 g/mol. The van der Waals surface area contributed by atoms with Gasteiger partial charge in [0.1, 0.15) is 6.10 Å². The van der Waals surface area contributed by atoms with E-state index >= 15 is 0 Å². The second kappa shape index (κ2) is 4.95. The molecule has 0 spiro atoms. The largest absolute Gasteiger partial charge is 0.385 e. The van der Waals surface area contributed by atoms with E-state index in [1.54, 1.807) is 12.1 Å².